The molecule has 1 fully saturated rings. The number of hydrogen-bond acceptors (Lipinski definition) is 4. The molecule has 1 aromatic rings. The Morgan fingerprint density at radius 2 is 2.24 bits per heavy atom. The Morgan fingerprint density at radius 3 is 2.94 bits per heavy atom. The first kappa shape index (κ1) is 11.6. The molecule has 1 unspecified atom stereocenters. The van der Waals surface area contributed by atoms with Gasteiger partial charge in [0.25, 0.3) is 0 Å². The molecule has 2 rings (SSSR count). The largest absolute Gasteiger partial charge is 0.337 e. The van der Waals surface area contributed by atoms with E-state index < -0.39 is 0 Å². The second kappa shape index (κ2) is 5.46. The summed E-state index contributed by atoms with van der Waals surface area (Å²) < 4.78 is 0. The molecule has 6 heteroatoms. The fourth-order valence-corrected chi connectivity index (χ4v) is 2.55. The molecular weight excluding hydrogens is 236 g/mol. The fourth-order valence-electron chi connectivity index (χ4n) is 1.47. The zero-order chi connectivity index (χ0) is 12.1. The lowest BCUT2D eigenvalue weighted by Gasteiger charge is -2.19. The van der Waals surface area contributed by atoms with Crippen molar-refractivity contribution in [2.45, 2.75) is 6.04 Å². The Bertz CT molecular complexity index is 431. The minimum absolute atomic E-state index is 0.273. The van der Waals surface area contributed by atoms with Crippen LogP contribution in [0.4, 0.5) is 10.5 Å². The van der Waals surface area contributed by atoms with Gasteiger partial charge in [0.1, 0.15) is 6.04 Å². The standard InChI is InChI=1S/C11H12N4OS/c12-6-10-7-17-8-15(10)11(16)14-13-9-4-2-1-3-5-9/h1-5,10,13H,7-8H2,(H,14,16). The number of amides is 2. The van der Waals surface area contributed by atoms with Gasteiger partial charge in [-0.2, -0.15) is 5.26 Å². The van der Waals surface area contributed by atoms with Gasteiger partial charge in [-0.25, -0.2) is 4.79 Å². The number of para-hydroxylation sites is 1. The normalized spacial score (nSPS) is 18.5. The number of nitrogens with one attached hydrogen (secondary N) is 2. The molecule has 2 N–H and O–H groups in total. The summed E-state index contributed by atoms with van der Waals surface area (Å²) >= 11 is 1.58. The summed E-state index contributed by atoms with van der Waals surface area (Å²) in [4.78, 5) is 13.3. The highest BCUT2D eigenvalue weighted by Crippen LogP contribution is 2.19. The third-order valence-electron chi connectivity index (χ3n) is 2.38. The third-order valence-corrected chi connectivity index (χ3v) is 3.39. The Hall–Kier alpha value is -1.87. The quantitative estimate of drug-likeness (QED) is 0.780. The second-order valence-corrected chi connectivity index (χ2v) is 4.54. The van der Waals surface area contributed by atoms with Crippen molar-refractivity contribution in [3.05, 3.63) is 30.3 Å². The predicted octanol–water partition coefficient (Wildman–Crippen LogP) is 1.62. The number of carbonyl (C=O) groups excluding carboxylic acids is 1. The minimum Gasteiger partial charge on any atom is -0.297 e. The van der Waals surface area contributed by atoms with Crippen LogP contribution in [0, 0.1) is 11.3 Å². The van der Waals surface area contributed by atoms with E-state index in [2.05, 4.69) is 16.9 Å². The molecule has 1 aliphatic rings. The van der Waals surface area contributed by atoms with Crippen molar-refractivity contribution >= 4 is 23.5 Å². The monoisotopic (exact) mass is 248 g/mol. The molecule has 88 valence electrons. The molecule has 1 atom stereocenters. The van der Waals surface area contributed by atoms with Crippen LogP contribution < -0.4 is 10.9 Å². The van der Waals surface area contributed by atoms with Gasteiger partial charge in [0.2, 0.25) is 0 Å². The van der Waals surface area contributed by atoms with Gasteiger partial charge in [-0.1, -0.05) is 18.2 Å². The lowest BCUT2D eigenvalue weighted by atomic mass is 10.3. The first-order valence-corrected chi connectivity index (χ1v) is 6.32. The van der Waals surface area contributed by atoms with Crippen LogP contribution in [0.5, 0.6) is 0 Å². The molecule has 1 heterocycles. The smallest absolute Gasteiger partial charge is 0.297 e. The number of nitriles is 1. The van der Waals surface area contributed by atoms with Gasteiger partial charge in [-0.3, -0.25) is 15.8 Å². The van der Waals surface area contributed by atoms with Crippen LogP contribution >= 0.6 is 11.8 Å². The molecule has 2 amide bonds. The third kappa shape index (κ3) is 2.82. The molecule has 0 spiro atoms. The van der Waals surface area contributed by atoms with Crippen LogP contribution in [-0.4, -0.2) is 28.6 Å². The van der Waals surface area contributed by atoms with Crippen molar-refractivity contribution in [1.29, 1.82) is 5.26 Å². The highest BCUT2D eigenvalue weighted by Gasteiger charge is 2.28. The highest BCUT2D eigenvalue weighted by molar-refractivity contribution is 7.99. The van der Waals surface area contributed by atoms with Crippen LogP contribution in [0.3, 0.4) is 0 Å². The Labute approximate surface area is 104 Å². The number of benzene rings is 1. The lowest BCUT2D eigenvalue weighted by molar-refractivity contribution is 0.206. The van der Waals surface area contributed by atoms with E-state index in [9.17, 15) is 4.79 Å². The van der Waals surface area contributed by atoms with E-state index >= 15 is 0 Å². The number of nitrogens with zero attached hydrogens (tertiary/aromatic N) is 2. The molecule has 1 saturated heterocycles. The van der Waals surface area contributed by atoms with E-state index in [1.165, 1.54) is 4.90 Å². The number of rotatable bonds is 2. The van der Waals surface area contributed by atoms with Crippen molar-refractivity contribution in [3.8, 4) is 6.07 Å². The summed E-state index contributed by atoms with van der Waals surface area (Å²) in [6, 6.07) is 10.8. The molecule has 17 heavy (non-hydrogen) atoms. The molecule has 0 bridgehead atoms. The second-order valence-electron chi connectivity index (χ2n) is 3.54. The summed E-state index contributed by atoms with van der Waals surface area (Å²) in [5.41, 5.74) is 6.19. The maximum absolute atomic E-state index is 11.8. The predicted molar refractivity (Wildman–Crippen MR) is 67.2 cm³/mol. The average molecular weight is 248 g/mol. The molecule has 0 radical (unpaired) electrons. The van der Waals surface area contributed by atoms with E-state index in [0.29, 0.717) is 11.6 Å². The Balaban J connectivity index is 1.88. The van der Waals surface area contributed by atoms with Gasteiger partial charge in [0, 0.05) is 5.75 Å². The van der Waals surface area contributed by atoms with Crippen LogP contribution in [0.2, 0.25) is 0 Å². The van der Waals surface area contributed by atoms with E-state index in [-0.39, 0.29) is 12.1 Å². The zero-order valence-electron chi connectivity index (χ0n) is 9.09. The van der Waals surface area contributed by atoms with Crippen LogP contribution in [0.15, 0.2) is 30.3 Å². The van der Waals surface area contributed by atoms with Crippen LogP contribution in [0.25, 0.3) is 0 Å². The zero-order valence-corrected chi connectivity index (χ0v) is 9.91. The van der Waals surface area contributed by atoms with E-state index in [4.69, 9.17) is 5.26 Å². The number of carbonyl (C=O) groups is 1. The van der Waals surface area contributed by atoms with Crippen molar-refractivity contribution in [2.75, 3.05) is 17.1 Å². The molecule has 1 aliphatic heterocycles. The Morgan fingerprint density at radius 1 is 1.47 bits per heavy atom. The maximum Gasteiger partial charge on any atom is 0.337 e. The minimum atomic E-state index is -0.336. The van der Waals surface area contributed by atoms with Gasteiger partial charge in [0.15, 0.2) is 0 Å². The molecule has 0 saturated carbocycles. The van der Waals surface area contributed by atoms with Crippen molar-refractivity contribution in [3.63, 3.8) is 0 Å². The lowest BCUT2D eigenvalue weighted by Crippen LogP contribution is -2.45. The van der Waals surface area contributed by atoms with Gasteiger partial charge in [-0.15, -0.1) is 11.8 Å². The van der Waals surface area contributed by atoms with Gasteiger partial charge in [0.05, 0.1) is 17.6 Å². The van der Waals surface area contributed by atoms with Gasteiger partial charge >= 0.3 is 6.03 Å². The summed E-state index contributed by atoms with van der Waals surface area (Å²) in [7, 11) is 0. The Kier molecular flexibility index (Phi) is 3.73. The van der Waals surface area contributed by atoms with E-state index in [0.717, 1.165) is 5.69 Å². The SMILES string of the molecule is N#CC1CSCN1C(=O)NNc1ccccc1. The summed E-state index contributed by atoms with van der Waals surface area (Å²) in [5, 5.41) is 8.87. The molecule has 5 nitrogen and oxygen atoms in total. The van der Waals surface area contributed by atoms with E-state index in [1.807, 2.05) is 30.3 Å². The number of anilines is 1. The highest BCUT2D eigenvalue weighted by atomic mass is 32.2. The molecule has 1 aromatic carbocycles. The summed E-state index contributed by atoms with van der Waals surface area (Å²) in [6.45, 7) is 0. The molecule has 0 aromatic heterocycles. The average Bonchev–Trinajstić information content (AvgIpc) is 2.85. The van der Waals surface area contributed by atoms with Gasteiger partial charge in [-0.05, 0) is 12.1 Å². The number of hydrazine groups is 1. The topological polar surface area (TPSA) is 68.2 Å². The van der Waals surface area contributed by atoms with Gasteiger partial charge < -0.3 is 0 Å². The maximum atomic E-state index is 11.8. The first-order chi connectivity index (χ1) is 8.31. The van der Waals surface area contributed by atoms with Crippen molar-refractivity contribution in [1.82, 2.24) is 10.3 Å². The van der Waals surface area contributed by atoms with Crippen LogP contribution in [-0.2, 0) is 0 Å². The summed E-state index contributed by atoms with van der Waals surface area (Å²) in [5.74, 6) is 1.23. The van der Waals surface area contributed by atoms with Crippen LogP contribution in [0.1, 0.15) is 0 Å². The molecular formula is C11H12N4OS. The van der Waals surface area contributed by atoms with Crippen molar-refractivity contribution < 1.29 is 4.79 Å². The fraction of sp³-hybridized carbons (Fsp3) is 0.273. The number of thioether (sulfide) groups is 1. The van der Waals surface area contributed by atoms with E-state index in [1.54, 1.807) is 11.8 Å². The first-order valence-electron chi connectivity index (χ1n) is 5.16. The van der Waals surface area contributed by atoms with Crippen molar-refractivity contribution in [2.24, 2.45) is 0 Å². The number of urea groups is 1. The summed E-state index contributed by atoms with van der Waals surface area (Å²) in [6.07, 6.45) is 0. The molecule has 0 aliphatic carbocycles. The number of hydrogen-bond donors (Lipinski definition) is 2.